The van der Waals surface area contributed by atoms with Gasteiger partial charge in [0.1, 0.15) is 18.3 Å². The first-order chi connectivity index (χ1) is 14.8. The molecule has 6 N–H and O–H groups in total. The highest BCUT2D eigenvalue weighted by molar-refractivity contribution is 5.87. The van der Waals surface area contributed by atoms with E-state index in [1.165, 1.54) is 24.3 Å². The Morgan fingerprint density at radius 3 is 2.52 bits per heavy atom. The topological polar surface area (TPSA) is 166 Å². The Morgan fingerprint density at radius 2 is 1.84 bits per heavy atom. The van der Waals surface area contributed by atoms with Crippen molar-refractivity contribution in [1.29, 1.82) is 0 Å². The zero-order valence-electron chi connectivity index (χ0n) is 16.8. The van der Waals surface area contributed by atoms with Gasteiger partial charge in [-0.2, -0.15) is 0 Å². The highest BCUT2D eigenvalue weighted by atomic mass is 16.7. The summed E-state index contributed by atoms with van der Waals surface area (Å²) in [6.45, 7) is -0.587. The SMILES string of the molecule is O=C(/C=C/c1ccc(O)c(O)c1)O[C@H]1[C@H](O[C@H]2CCCC[C@@H]2O)O[C@H](CO)[C@@H](O)[C@@H]1O. The summed E-state index contributed by atoms with van der Waals surface area (Å²) in [6.07, 6.45) is -3.17. The molecule has 2 aliphatic rings. The van der Waals surface area contributed by atoms with Crippen LogP contribution in [0.5, 0.6) is 11.5 Å². The third kappa shape index (κ3) is 5.73. The van der Waals surface area contributed by atoms with Crippen molar-refractivity contribution < 1.29 is 49.6 Å². The fourth-order valence-corrected chi connectivity index (χ4v) is 3.68. The monoisotopic (exact) mass is 440 g/mol. The molecule has 0 radical (unpaired) electrons. The maximum absolute atomic E-state index is 12.3. The first-order valence-electron chi connectivity index (χ1n) is 10.2. The lowest BCUT2D eigenvalue weighted by molar-refractivity contribution is -0.320. The summed E-state index contributed by atoms with van der Waals surface area (Å²) in [5.74, 6) is -1.54. The molecular weight excluding hydrogens is 412 g/mol. The molecule has 7 atom stereocenters. The van der Waals surface area contributed by atoms with E-state index in [0.717, 1.165) is 18.9 Å². The molecule has 31 heavy (non-hydrogen) atoms. The van der Waals surface area contributed by atoms with E-state index < -0.39 is 55.5 Å². The fraction of sp³-hybridized carbons (Fsp3) is 0.571. The van der Waals surface area contributed by atoms with Gasteiger partial charge in [-0.25, -0.2) is 4.79 Å². The zero-order valence-corrected chi connectivity index (χ0v) is 16.8. The molecule has 1 aromatic rings. The lowest BCUT2D eigenvalue weighted by Crippen LogP contribution is -2.61. The summed E-state index contributed by atoms with van der Waals surface area (Å²) in [7, 11) is 0. The van der Waals surface area contributed by atoms with Crippen LogP contribution in [0, 0.1) is 0 Å². The average molecular weight is 440 g/mol. The molecule has 0 unspecified atom stereocenters. The first kappa shape index (κ1) is 23.5. The molecule has 1 saturated carbocycles. The normalized spacial score (nSPS) is 34.0. The number of ether oxygens (including phenoxy) is 3. The maximum Gasteiger partial charge on any atom is 0.331 e. The second-order valence-corrected chi connectivity index (χ2v) is 7.72. The van der Waals surface area contributed by atoms with Crippen molar-refractivity contribution in [3.63, 3.8) is 0 Å². The van der Waals surface area contributed by atoms with Gasteiger partial charge >= 0.3 is 5.97 Å². The van der Waals surface area contributed by atoms with Crippen LogP contribution in [0.4, 0.5) is 0 Å². The molecule has 0 bridgehead atoms. The molecule has 1 aliphatic heterocycles. The largest absolute Gasteiger partial charge is 0.504 e. The van der Waals surface area contributed by atoms with Crippen molar-refractivity contribution in [3.05, 3.63) is 29.8 Å². The van der Waals surface area contributed by atoms with Gasteiger partial charge in [0.05, 0.1) is 18.8 Å². The summed E-state index contributed by atoms with van der Waals surface area (Å²) in [5.41, 5.74) is 0.409. The summed E-state index contributed by atoms with van der Waals surface area (Å²) in [6, 6.07) is 3.96. The van der Waals surface area contributed by atoms with Crippen LogP contribution in [0.25, 0.3) is 6.08 Å². The number of phenols is 2. The van der Waals surface area contributed by atoms with Crippen LogP contribution in [-0.4, -0.2) is 86.1 Å². The smallest absolute Gasteiger partial charge is 0.331 e. The number of benzene rings is 1. The van der Waals surface area contributed by atoms with Crippen molar-refractivity contribution in [1.82, 2.24) is 0 Å². The Labute approximate surface area is 178 Å². The van der Waals surface area contributed by atoms with Crippen molar-refractivity contribution in [2.24, 2.45) is 0 Å². The zero-order chi connectivity index (χ0) is 22.5. The van der Waals surface area contributed by atoms with E-state index in [9.17, 15) is 35.4 Å². The van der Waals surface area contributed by atoms with Gasteiger partial charge in [0.2, 0.25) is 0 Å². The molecule has 10 heteroatoms. The second kappa shape index (κ2) is 10.4. The Hall–Kier alpha value is -2.21. The van der Waals surface area contributed by atoms with Crippen LogP contribution in [0.15, 0.2) is 24.3 Å². The number of aromatic hydroxyl groups is 2. The van der Waals surface area contributed by atoms with Crippen molar-refractivity contribution in [3.8, 4) is 11.5 Å². The van der Waals surface area contributed by atoms with Crippen molar-refractivity contribution in [2.45, 2.75) is 68.6 Å². The minimum Gasteiger partial charge on any atom is -0.504 e. The third-order valence-corrected chi connectivity index (χ3v) is 5.46. The number of hydrogen-bond donors (Lipinski definition) is 6. The number of hydrogen-bond acceptors (Lipinski definition) is 10. The minimum absolute atomic E-state index is 0.306. The molecule has 3 rings (SSSR count). The molecule has 1 heterocycles. The van der Waals surface area contributed by atoms with E-state index in [0.29, 0.717) is 18.4 Å². The quantitative estimate of drug-likeness (QED) is 0.198. The molecule has 2 fully saturated rings. The molecular formula is C21H28O10. The molecule has 1 aromatic carbocycles. The molecule has 0 amide bonds. The summed E-state index contributed by atoms with van der Waals surface area (Å²) >= 11 is 0. The van der Waals surface area contributed by atoms with Crippen LogP contribution in [-0.2, 0) is 19.0 Å². The van der Waals surface area contributed by atoms with Crippen molar-refractivity contribution >= 4 is 12.0 Å². The summed E-state index contributed by atoms with van der Waals surface area (Å²) < 4.78 is 16.6. The number of esters is 1. The Balaban J connectivity index is 1.71. The molecule has 0 aromatic heterocycles. The number of phenolic OH excluding ortho intramolecular Hbond substituents is 2. The summed E-state index contributed by atoms with van der Waals surface area (Å²) in [4.78, 5) is 12.3. The second-order valence-electron chi connectivity index (χ2n) is 7.72. The van der Waals surface area contributed by atoms with Crippen LogP contribution in [0.2, 0.25) is 0 Å². The number of rotatable bonds is 6. The van der Waals surface area contributed by atoms with Gasteiger partial charge < -0.3 is 44.8 Å². The van der Waals surface area contributed by atoms with Crippen LogP contribution < -0.4 is 0 Å². The number of carbonyl (C=O) groups excluding carboxylic acids is 1. The number of aliphatic hydroxyl groups excluding tert-OH is 4. The highest BCUT2D eigenvalue weighted by Crippen LogP contribution is 2.30. The molecule has 0 spiro atoms. The van der Waals surface area contributed by atoms with Gasteiger partial charge in [-0.15, -0.1) is 0 Å². The maximum atomic E-state index is 12.3. The summed E-state index contributed by atoms with van der Waals surface area (Å²) in [5, 5.41) is 59.0. The predicted molar refractivity (Wildman–Crippen MR) is 106 cm³/mol. The van der Waals surface area contributed by atoms with Gasteiger partial charge in [-0.1, -0.05) is 18.9 Å². The van der Waals surface area contributed by atoms with E-state index in [1.54, 1.807) is 0 Å². The lowest BCUT2D eigenvalue weighted by Gasteiger charge is -2.43. The van der Waals surface area contributed by atoms with E-state index in [4.69, 9.17) is 14.2 Å². The van der Waals surface area contributed by atoms with Gasteiger partial charge in [0, 0.05) is 6.08 Å². The van der Waals surface area contributed by atoms with Crippen LogP contribution in [0.1, 0.15) is 31.2 Å². The van der Waals surface area contributed by atoms with Crippen LogP contribution >= 0.6 is 0 Å². The van der Waals surface area contributed by atoms with Crippen LogP contribution in [0.3, 0.4) is 0 Å². The number of aliphatic hydroxyl groups is 4. The Morgan fingerprint density at radius 1 is 1.10 bits per heavy atom. The van der Waals surface area contributed by atoms with Gasteiger partial charge in [0.15, 0.2) is 23.9 Å². The van der Waals surface area contributed by atoms with Gasteiger partial charge in [0.25, 0.3) is 0 Å². The van der Waals surface area contributed by atoms with E-state index in [1.807, 2.05) is 0 Å². The highest BCUT2D eigenvalue weighted by Gasteiger charge is 2.48. The van der Waals surface area contributed by atoms with E-state index in [2.05, 4.69) is 0 Å². The van der Waals surface area contributed by atoms with E-state index in [-0.39, 0.29) is 11.5 Å². The minimum atomic E-state index is -1.59. The molecule has 10 nitrogen and oxygen atoms in total. The van der Waals surface area contributed by atoms with E-state index >= 15 is 0 Å². The average Bonchev–Trinajstić information content (AvgIpc) is 2.75. The number of carbonyl (C=O) groups is 1. The van der Waals surface area contributed by atoms with Gasteiger partial charge in [-0.3, -0.25) is 0 Å². The Kier molecular flexibility index (Phi) is 7.87. The molecule has 172 valence electrons. The predicted octanol–water partition coefficient (Wildman–Crippen LogP) is -0.218. The Bertz CT molecular complexity index is 781. The standard InChI is InChI=1S/C21H28O10/c22-10-16-18(27)19(28)20(21(30-16)29-15-4-2-1-3-13(15)24)31-17(26)8-6-11-5-7-12(23)14(25)9-11/h5-9,13,15-16,18-25,27-28H,1-4,10H2/b8-6+/t13-,15-,16+,18+,19-,20+,21+/m0/s1. The fourth-order valence-electron chi connectivity index (χ4n) is 3.68. The lowest BCUT2D eigenvalue weighted by atomic mass is 9.94. The molecule has 1 aliphatic carbocycles. The van der Waals surface area contributed by atoms with Gasteiger partial charge in [-0.05, 0) is 36.6 Å². The third-order valence-electron chi connectivity index (χ3n) is 5.46. The molecule has 1 saturated heterocycles. The van der Waals surface area contributed by atoms with Crippen molar-refractivity contribution in [2.75, 3.05) is 6.61 Å². The first-order valence-corrected chi connectivity index (χ1v) is 10.2.